The van der Waals surface area contributed by atoms with Gasteiger partial charge in [-0.15, -0.1) is 10.2 Å². The first-order valence-electron chi connectivity index (χ1n) is 13.4. The molecule has 2 aliphatic rings. The molecule has 2 N–H and O–H groups in total. The summed E-state index contributed by atoms with van der Waals surface area (Å²) in [6, 6.07) is 23.1. The van der Waals surface area contributed by atoms with Crippen molar-refractivity contribution in [1.82, 2.24) is 35.6 Å². The number of benzene rings is 3. The van der Waals surface area contributed by atoms with Gasteiger partial charge in [0.1, 0.15) is 5.82 Å². The van der Waals surface area contributed by atoms with Gasteiger partial charge in [-0.25, -0.2) is 10.4 Å². The van der Waals surface area contributed by atoms with E-state index >= 15 is 0 Å². The highest BCUT2D eigenvalue weighted by Gasteiger charge is 2.26. The van der Waals surface area contributed by atoms with Gasteiger partial charge in [0.25, 0.3) is 0 Å². The Balaban J connectivity index is 1.23. The number of H-pyrrole nitrogens is 1. The molecule has 1 unspecified atom stereocenters. The second kappa shape index (κ2) is 9.58. The number of amides is 1. The van der Waals surface area contributed by atoms with Gasteiger partial charge in [-0.1, -0.05) is 61.5 Å². The number of hydrogen-bond acceptors (Lipinski definition) is 6. The number of hydrazone groups is 1. The number of rotatable bonds is 7. The average molecular weight is 517 g/mol. The van der Waals surface area contributed by atoms with E-state index in [4.69, 9.17) is 4.98 Å². The van der Waals surface area contributed by atoms with E-state index in [9.17, 15) is 4.79 Å². The molecule has 1 aliphatic carbocycles. The van der Waals surface area contributed by atoms with Crippen LogP contribution in [-0.4, -0.2) is 41.8 Å². The zero-order valence-electron chi connectivity index (χ0n) is 21.6. The molecule has 1 fully saturated rings. The van der Waals surface area contributed by atoms with Gasteiger partial charge in [-0.2, -0.15) is 10.3 Å². The summed E-state index contributed by atoms with van der Waals surface area (Å²) >= 11 is 0. The minimum absolute atomic E-state index is 0.0348. The van der Waals surface area contributed by atoms with Crippen LogP contribution in [0.2, 0.25) is 0 Å². The molecule has 2 aromatic heterocycles. The molecule has 5 aromatic rings. The van der Waals surface area contributed by atoms with E-state index < -0.39 is 0 Å². The van der Waals surface area contributed by atoms with Crippen LogP contribution >= 0.6 is 0 Å². The van der Waals surface area contributed by atoms with E-state index in [1.807, 2.05) is 18.2 Å². The molecule has 39 heavy (non-hydrogen) atoms. The fraction of sp³-hybridized carbons (Fsp3) is 0.267. The fourth-order valence-corrected chi connectivity index (χ4v) is 5.42. The molecule has 1 atom stereocenters. The Morgan fingerprint density at radius 1 is 0.974 bits per heavy atom. The van der Waals surface area contributed by atoms with E-state index in [0.29, 0.717) is 12.2 Å². The van der Waals surface area contributed by atoms with Crippen LogP contribution in [0, 0.1) is 11.8 Å². The van der Waals surface area contributed by atoms with Crippen LogP contribution in [0.4, 0.5) is 0 Å². The first kappa shape index (κ1) is 23.5. The summed E-state index contributed by atoms with van der Waals surface area (Å²) in [7, 11) is 0. The molecule has 7 rings (SSSR count). The Morgan fingerprint density at radius 3 is 2.51 bits per heavy atom. The number of tetrazole rings is 1. The van der Waals surface area contributed by atoms with Crippen LogP contribution < -0.4 is 5.43 Å². The summed E-state index contributed by atoms with van der Waals surface area (Å²) in [5.41, 5.74) is 11.0. The van der Waals surface area contributed by atoms with Gasteiger partial charge in [0.15, 0.2) is 0 Å². The number of nitrogens with one attached hydrogen (secondary N) is 2. The van der Waals surface area contributed by atoms with Crippen molar-refractivity contribution < 1.29 is 4.79 Å². The van der Waals surface area contributed by atoms with E-state index in [1.165, 1.54) is 18.4 Å². The molecule has 0 radical (unpaired) electrons. The van der Waals surface area contributed by atoms with Gasteiger partial charge >= 0.3 is 0 Å². The first-order valence-corrected chi connectivity index (χ1v) is 13.4. The normalized spacial score (nSPS) is 17.3. The topological polar surface area (TPSA) is 114 Å². The number of carbonyl (C=O) groups is 1. The van der Waals surface area contributed by atoms with Gasteiger partial charge in [0.2, 0.25) is 11.7 Å². The lowest BCUT2D eigenvalue weighted by molar-refractivity contribution is -0.121. The minimum atomic E-state index is -0.0348. The maximum absolute atomic E-state index is 11.8. The molecule has 0 bridgehead atoms. The van der Waals surface area contributed by atoms with E-state index in [1.54, 1.807) is 0 Å². The summed E-state index contributed by atoms with van der Waals surface area (Å²) in [6.45, 7) is 2.78. The molecular formula is C30H28N8O. The predicted octanol–water partition coefficient (Wildman–Crippen LogP) is 4.74. The quantitative estimate of drug-likeness (QED) is 0.324. The van der Waals surface area contributed by atoms with Crippen LogP contribution in [0.5, 0.6) is 0 Å². The summed E-state index contributed by atoms with van der Waals surface area (Å²) in [5.74, 6) is 2.47. The van der Waals surface area contributed by atoms with Crippen LogP contribution in [-0.2, 0) is 17.8 Å². The highest BCUT2D eigenvalue weighted by molar-refractivity contribution is 6.07. The van der Waals surface area contributed by atoms with Crippen molar-refractivity contribution in [2.45, 2.75) is 39.2 Å². The molecule has 3 heterocycles. The third-order valence-electron chi connectivity index (χ3n) is 7.67. The Kier molecular flexibility index (Phi) is 5.76. The zero-order chi connectivity index (χ0) is 26.3. The van der Waals surface area contributed by atoms with Gasteiger partial charge < -0.3 is 4.57 Å². The number of hydrogen-bond donors (Lipinski definition) is 2. The third kappa shape index (κ3) is 4.60. The van der Waals surface area contributed by atoms with Crippen molar-refractivity contribution in [3.8, 4) is 22.5 Å². The molecule has 1 amide bonds. The van der Waals surface area contributed by atoms with E-state index in [2.05, 4.69) is 91.2 Å². The van der Waals surface area contributed by atoms with Crippen molar-refractivity contribution in [3.05, 3.63) is 83.7 Å². The molecule has 0 spiro atoms. The average Bonchev–Trinajstić information content (AvgIpc) is 3.47. The fourth-order valence-electron chi connectivity index (χ4n) is 5.42. The molecule has 1 saturated carbocycles. The molecule has 194 valence electrons. The molecule has 1 aliphatic heterocycles. The number of aromatic amines is 1. The third-order valence-corrected chi connectivity index (χ3v) is 7.67. The molecule has 0 saturated heterocycles. The lowest BCUT2D eigenvalue weighted by atomic mass is 9.94. The van der Waals surface area contributed by atoms with Crippen molar-refractivity contribution in [2.24, 2.45) is 16.9 Å². The zero-order valence-corrected chi connectivity index (χ0v) is 21.6. The summed E-state index contributed by atoms with van der Waals surface area (Å²) in [5, 5.41) is 19.0. The highest BCUT2D eigenvalue weighted by Crippen LogP contribution is 2.34. The lowest BCUT2D eigenvalue weighted by Crippen LogP contribution is -2.31. The Hall–Kier alpha value is -4.66. The van der Waals surface area contributed by atoms with Crippen LogP contribution in [0.3, 0.4) is 0 Å². The van der Waals surface area contributed by atoms with Crippen molar-refractivity contribution >= 4 is 22.7 Å². The second-order valence-electron chi connectivity index (χ2n) is 10.6. The van der Waals surface area contributed by atoms with Crippen LogP contribution in [0.15, 0.2) is 71.8 Å². The van der Waals surface area contributed by atoms with Crippen molar-refractivity contribution in [3.63, 3.8) is 0 Å². The Morgan fingerprint density at radius 2 is 1.77 bits per heavy atom. The Bertz CT molecular complexity index is 1700. The number of imidazole rings is 1. The van der Waals surface area contributed by atoms with E-state index in [0.717, 1.165) is 63.7 Å². The number of nitrogens with zero attached hydrogens (tertiary/aromatic N) is 6. The molecule has 3 aromatic carbocycles. The molecular weight excluding hydrogens is 488 g/mol. The standard InChI is InChI=1S/C30H28N8O/c1-18-14-28(39)32-33-29(18)22-12-13-25-26(16-22)38(27(31-25)15-19-6-7-19)17-20-8-10-21(11-9-20)23-4-2-3-5-24(23)30-34-36-37-35-30/h2-5,8-13,16,18-19H,6-7,14-15,17H2,1H3,(H,32,39)(H,34,35,36,37). The highest BCUT2D eigenvalue weighted by atomic mass is 16.2. The maximum atomic E-state index is 11.8. The van der Waals surface area contributed by atoms with Gasteiger partial charge in [0, 0.05) is 36.4 Å². The van der Waals surface area contributed by atoms with Crippen LogP contribution in [0.1, 0.15) is 43.1 Å². The summed E-state index contributed by atoms with van der Waals surface area (Å²) in [4.78, 5) is 16.8. The van der Waals surface area contributed by atoms with Gasteiger partial charge in [-0.05, 0) is 52.8 Å². The van der Waals surface area contributed by atoms with E-state index in [-0.39, 0.29) is 11.8 Å². The maximum Gasteiger partial charge on any atom is 0.240 e. The largest absolute Gasteiger partial charge is 0.323 e. The van der Waals surface area contributed by atoms with Crippen LogP contribution in [0.25, 0.3) is 33.5 Å². The summed E-state index contributed by atoms with van der Waals surface area (Å²) < 4.78 is 2.35. The number of fused-ring (bicyclic) bond motifs is 1. The summed E-state index contributed by atoms with van der Waals surface area (Å²) in [6.07, 6.45) is 3.99. The SMILES string of the molecule is CC1CC(=O)NN=C1c1ccc2nc(CC3CC3)n(Cc3ccc(-c4ccccc4-c4nn[nH]n4)cc3)c2c1. The minimum Gasteiger partial charge on any atom is -0.323 e. The van der Waals surface area contributed by atoms with Crippen molar-refractivity contribution in [2.75, 3.05) is 0 Å². The molecule has 9 nitrogen and oxygen atoms in total. The van der Waals surface area contributed by atoms with Gasteiger partial charge in [0.05, 0.1) is 16.7 Å². The molecule has 9 heteroatoms. The lowest BCUT2D eigenvalue weighted by Gasteiger charge is -2.19. The smallest absolute Gasteiger partial charge is 0.240 e. The first-order chi connectivity index (χ1) is 19.1. The number of carbonyl (C=O) groups excluding carboxylic acids is 1. The monoisotopic (exact) mass is 516 g/mol. The van der Waals surface area contributed by atoms with Crippen molar-refractivity contribution in [1.29, 1.82) is 0 Å². The Labute approximate surface area is 225 Å². The predicted molar refractivity (Wildman–Crippen MR) is 149 cm³/mol. The number of aromatic nitrogens is 6. The van der Waals surface area contributed by atoms with Gasteiger partial charge in [-0.3, -0.25) is 4.79 Å². The second-order valence-corrected chi connectivity index (χ2v) is 10.6.